The Morgan fingerprint density at radius 3 is 1.42 bits per heavy atom. The predicted octanol–water partition coefficient (Wildman–Crippen LogP) is 14.0. The minimum absolute atomic E-state index is 0.381. The molecular formula is C58H36N4. The van der Waals surface area contributed by atoms with Gasteiger partial charge in [-0.2, -0.15) is 9.97 Å². The lowest BCUT2D eigenvalue weighted by molar-refractivity contribution is 0.794. The van der Waals surface area contributed by atoms with Gasteiger partial charge in [-0.3, -0.25) is 4.57 Å². The maximum absolute atomic E-state index is 5.27. The summed E-state index contributed by atoms with van der Waals surface area (Å²) >= 11 is 0. The molecule has 2 aromatic heterocycles. The third-order valence-corrected chi connectivity index (χ3v) is 13.1. The molecule has 62 heavy (non-hydrogen) atoms. The third kappa shape index (κ3) is 4.92. The van der Waals surface area contributed by atoms with Gasteiger partial charge in [-0.1, -0.05) is 200 Å². The first-order chi connectivity index (χ1) is 30.8. The standard InChI is InChI=1S/C58H36N4/c1-3-16-37(17-4-1)38-30-32-40(33-31-38)56-59-55(39-18-5-2-6-19-39)60-57(61-56)62-52-28-14-10-23-46(52)54-42(24-15-29-53(54)62)41-34-35-51-47(36-41)45-22-9-13-27-50(45)58(51)48-25-11-7-20-43(48)44-21-8-12-26-49(44)58/h1-36H. The maximum Gasteiger partial charge on any atom is 0.238 e. The van der Waals surface area contributed by atoms with E-state index in [-0.39, 0.29) is 5.41 Å². The van der Waals surface area contributed by atoms with E-state index in [1.807, 2.05) is 24.3 Å². The van der Waals surface area contributed by atoms with Crippen LogP contribution in [0, 0.1) is 0 Å². The zero-order chi connectivity index (χ0) is 40.8. The predicted molar refractivity (Wildman–Crippen MR) is 252 cm³/mol. The topological polar surface area (TPSA) is 43.6 Å². The van der Waals surface area contributed by atoms with Crippen molar-refractivity contribution in [2.75, 3.05) is 0 Å². The Labute approximate surface area is 359 Å². The molecule has 288 valence electrons. The highest BCUT2D eigenvalue weighted by atomic mass is 15.2. The average molecular weight is 789 g/mol. The first-order valence-electron chi connectivity index (χ1n) is 21.2. The summed E-state index contributed by atoms with van der Waals surface area (Å²) in [5.74, 6) is 1.82. The van der Waals surface area contributed by atoms with Gasteiger partial charge in [0.05, 0.1) is 16.4 Å². The number of hydrogen-bond donors (Lipinski definition) is 0. The van der Waals surface area contributed by atoms with Crippen molar-refractivity contribution < 1.29 is 0 Å². The lowest BCUT2D eigenvalue weighted by Crippen LogP contribution is -2.25. The van der Waals surface area contributed by atoms with Crippen LogP contribution in [0.5, 0.6) is 0 Å². The largest absolute Gasteiger partial charge is 0.278 e. The van der Waals surface area contributed by atoms with Gasteiger partial charge in [-0.05, 0) is 85.0 Å². The molecule has 13 rings (SSSR count). The van der Waals surface area contributed by atoms with Crippen molar-refractivity contribution in [3.05, 3.63) is 241 Å². The van der Waals surface area contributed by atoms with E-state index in [9.17, 15) is 0 Å². The van der Waals surface area contributed by atoms with E-state index in [2.05, 4.69) is 199 Å². The van der Waals surface area contributed by atoms with Gasteiger partial charge in [0.1, 0.15) is 0 Å². The molecule has 1 spiro atoms. The Hall–Kier alpha value is -8.21. The minimum Gasteiger partial charge on any atom is -0.278 e. The zero-order valence-corrected chi connectivity index (χ0v) is 33.6. The maximum atomic E-state index is 5.27. The van der Waals surface area contributed by atoms with Crippen LogP contribution in [-0.4, -0.2) is 19.5 Å². The first-order valence-corrected chi connectivity index (χ1v) is 21.2. The number of hydrogen-bond acceptors (Lipinski definition) is 3. The van der Waals surface area contributed by atoms with Crippen molar-refractivity contribution in [1.82, 2.24) is 19.5 Å². The molecule has 2 heterocycles. The van der Waals surface area contributed by atoms with Crippen molar-refractivity contribution in [2.45, 2.75) is 5.41 Å². The summed E-state index contributed by atoms with van der Waals surface area (Å²) in [7, 11) is 0. The molecule has 0 unspecified atom stereocenters. The Morgan fingerprint density at radius 1 is 0.306 bits per heavy atom. The second-order valence-electron chi connectivity index (χ2n) is 16.3. The monoisotopic (exact) mass is 788 g/mol. The van der Waals surface area contributed by atoms with Crippen LogP contribution >= 0.6 is 0 Å². The van der Waals surface area contributed by atoms with Gasteiger partial charge in [-0.25, -0.2) is 4.98 Å². The van der Waals surface area contributed by atoms with Crippen LogP contribution in [0.15, 0.2) is 218 Å². The smallest absolute Gasteiger partial charge is 0.238 e. The van der Waals surface area contributed by atoms with Crippen LogP contribution in [0.3, 0.4) is 0 Å². The van der Waals surface area contributed by atoms with Crippen molar-refractivity contribution in [2.24, 2.45) is 0 Å². The SMILES string of the molecule is c1ccc(-c2ccc(-c3nc(-c4ccccc4)nc(-n4c5ccccc5c5c(-c6ccc7c(c6)-c6ccccc6C76c7ccccc7-c7ccccc76)cccc54)n3)cc2)cc1. The second-order valence-corrected chi connectivity index (χ2v) is 16.3. The highest BCUT2D eigenvalue weighted by Crippen LogP contribution is 2.63. The second kappa shape index (κ2) is 13.4. The molecule has 9 aromatic carbocycles. The molecule has 0 radical (unpaired) electrons. The number of benzene rings is 9. The minimum atomic E-state index is -0.381. The molecule has 2 aliphatic carbocycles. The summed E-state index contributed by atoms with van der Waals surface area (Å²) in [6.45, 7) is 0. The van der Waals surface area contributed by atoms with Crippen molar-refractivity contribution in [3.8, 4) is 73.2 Å². The molecule has 0 atom stereocenters. The van der Waals surface area contributed by atoms with Gasteiger partial charge in [0.15, 0.2) is 11.6 Å². The lowest BCUT2D eigenvalue weighted by atomic mass is 9.70. The van der Waals surface area contributed by atoms with Gasteiger partial charge >= 0.3 is 0 Å². The number of rotatable bonds is 5. The summed E-state index contributed by atoms with van der Waals surface area (Å²) < 4.78 is 2.22. The summed E-state index contributed by atoms with van der Waals surface area (Å²) in [6.07, 6.45) is 0. The van der Waals surface area contributed by atoms with Gasteiger partial charge < -0.3 is 0 Å². The first kappa shape index (κ1) is 34.6. The summed E-state index contributed by atoms with van der Waals surface area (Å²) in [5.41, 5.74) is 18.8. The molecule has 0 saturated carbocycles. The van der Waals surface area contributed by atoms with Gasteiger partial charge in [0.2, 0.25) is 5.95 Å². The van der Waals surface area contributed by atoms with Gasteiger partial charge in [-0.15, -0.1) is 0 Å². The van der Waals surface area contributed by atoms with E-state index in [1.54, 1.807) is 0 Å². The lowest BCUT2D eigenvalue weighted by Gasteiger charge is -2.30. The molecule has 11 aromatic rings. The molecule has 2 aliphatic rings. The fourth-order valence-corrected chi connectivity index (χ4v) is 10.5. The normalized spacial score (nSPS) is 13.0. The summed E-state index contributed by atoms with van der Waals surface area (Å²) in [6, 6.07) is 78.6. The highest BCUT2D eigenvalue weighted by Gasteiger charge is 2.51. The number of para-hydroxylation sites is 1. The number of fused-ring (bicyclic) bond motifs is 13. The van der Waals surface area contributed by atoms with Crippen molar-refractivity contribution >= 4 is 21.8 Å². The molecule has 0 bridgehead atoms. The van der Waals surface area contributed by atoms with Gasteiger partial charge in [0.25, 0.3) is 0 Å². The van der Waals surface area contributed by atoms with E-state index in [4.69, 9.17) is 15.0 Å². The molecule has 0 saturated heterocycles. The van der Waals surface area contributed by atoms with Crippen LogP contribution in [0.4, 0.5) is 0 Å². The Kier molecular flexibility index (Phi) is 7.49. The molecule has 0 aliphatic heterocycles. The van der Waals surface area contributed by atoms with E-state index in [0.717, 1.165) is 38.5 Å². The van der Waals surface area contributed by atoms with Gasteiger partial charge in [0, 0.05) is 21.9 Å². The third-order valence-electron chi connectivity index (χ3n) is 13.1. The van der Waals surface area contributed by atoms with Crippen LogP contribution < -0.4 is 0 Å². The molecule has 0 fully saturated rings. The van der Waals surface area contributed by atoms with E-state index in [0.29, 0.717) is 17.6 Å². The fourth-order valence-electron chi connectivity index (χ4n) is 10.5. The Balaban J connectivity index is 1.01. The van der Waals surface area contributed by atoms with E-state index >= 15 is 0 Å². The Bertz CT molecular complexity index is 3520. The zero-order valence-electron chi connectivity index (χ0n) is 33.6. The molecule has 4 heteroatoms. The van der Waals surface area contributed by atoms with Crippen molar-refractivity contribution in [1.29, 1.82) is 0 Å². The van der Waals surface area contributed by atoms with Crippen LogP contribution in [0.2, 0.25) is 0 Å². The molecule has 4 nitrogen and oxygen atoms in total. The van der Waals surface area contributed by atoms with Crippen LogP contribution in [0.1, 0.15) is 22.3 Å². The number of aromatic nitrogens is 4. The van der Waals surface area contributed by atoms with E-state index in [1.165, 1.54) is 61.2 Å². The highest BCUT2D eigenvalue weighted by molar-refractivity contribution is 6.16. The summed E-state index contributed by atoms with van der Waals surface area (Å²) in [5, 5.41) is 2.31. The Morgan fingerprint density at radius 2 is 0.758 bits per heavy atom. The number of nitrogens with zero attached hydrogens (tertiary/aromatic N) is 4. The molecule has 0 amide bonds. The molecule has 0 N–H and O–H groups in total. The van der Waals surface area contributed by atoms with E-state index < -0.39 is 0 Å². The quantitative estimate of drug-likeness (QED) is 0.174. The fraction of sp³-hybridized carbons (Fsp3) is 0.0172. The van der Waals surface area contributed by atoms with Crippen LogP contribution in [0.25, 0.3) is 95.0 Å². The molecular weight excluding hydrogens is 753 g/mol. The summed E-state index contributed by atoms with van der Waals surface area (Å²) in [4.78, 5) is 15.6. The van der Waals surface area contributed by atoms with Crippen LogP contribution in [-0.2, 0) is 5.41 Å². The van der Waals surface area contributed by atoms with Crippen molar-refractivity contribution in [3.63, 3.8) is 0 Å². The average Bonchev–Trinajstić information content (AvgIpc) is 3.96.